The number of rotatable bonds is 2. The van der Waals surface area contributed by atoms with Gasteiger partial charge in [-0.2, -0.15) is 11.8 Å². The highest BCUT2D eigenvalue weighted by Gasteiger charge is 2.32. The summed E-state index contributed by atoms with van der Waals surface area (Å²) >= 11 is 13.4. The average Bonchev–Trinajstić information content (AvgIpc) is 2.31. The maximum atomic E-state index is 11.8. The van der Waals surface area contributed by atoms with Gasteiger partial charge in [-0.3, -0.25) is 0 Å². The second-order valence-electron chi connectivity index (χ2n) is 3.90. The molecule has 1 saturated heterocycles. The topological polar surface area (TPSA) is 63.2 Å². The minimum absolute atomic E-state index is 0.167. The van der Waals surface area contributed by atoms with Crippen LogP contribution < -0.4 is 4.90 Å². The Labute approximate surface area is 120 Å². The molecule has 0 saturated carbocycles. The summed E-state index contributed by atoms with van der Waals surface area (Å²) in [6, 6.07) is 1.55. The predicted molar refractivity (Wildman–Crippen MR) is 75.4 cm³/mol. The molecule has 1 atom stereocenters. The van der Waals surface area contributed by atoms with Gasteiger partial charge >= 0.3 is 0 Å². The van der Waals surface area contributed by atoms with Crippen molar-refractivity contribution < 1.29 is 8.42 Å². The third-order valence-corrected chi connectivity index (χ3v) is 5.69. The Morgan fingerprint density at radius 1 is 1.44 bits per heavy atom. The standard InChI is InChI=1S/C9H11Cl2N3O2S2/c1-18(15,16)8-5-17-3-2-14(8)6-4-7(10)12-13-9(6)11/h4,8H,2-3,5H2,1H3. The number of aromatic nitrogens is 2. The van der Waals surface area contributed by atoms with Crippen LogP contribution in [-0.2, 0) is 9.84 Å². The summed E-state index contributed by atoms with van der Waals surface area (Å²) in [5.74, 6) is 1.34. The molecule has 0 N–H and O–H groups in total. The first-order chi connectivity index (χ1) is 8.39. The van der Waals surface area contributed by atoms with Crippen LogP contribution in [-0.4, -0.2) is 48.3 Å². The van der Waals surface area contributed by atoms with Crippen molar-refractivity contribution in [3.05, 3.63) is 16.4 Å². The number of anilines is 1. The van der Waals surface area contributed by atoms with Crippen molar-refractivity contribution >= 4 is 50.5 Å². The highest BCUT2D eigenvalue weighted by molar-refractivity contribution is 8.01. The number of halogens is 2. The summed E-state index contributed by atoms with van der Waals surface area (Å²) in [5, 5.41) is 7.09. The molecule has 0 spiro atoms. The van der Waals surface area contributed by atoms with Gasteiger partial charge in [0.25, 0.3) is 0 Å². The zero-order chi connectivity index (χ0) is 13.3. The molecule has 1 aromatic heterocycles. The molecule has 2 heterocycles. The minimum Gasteiger partial charge on any atom is -0.351 e. The van der Waals surface area contributed by atoms with Crippen LogP contribution in [0.4, 0.5) is 5.69 Å². The summed E-state index contributed by atoms with van der Waals surface area (Å²) in [7, 11) is -3.20. The van der Waals surface area contributed by atoms with Gasteiger partial charge in [-0.1, -0.05) is 23.2 Å². The van der Waals surface area contributed by atoms with Crippen LogP contribution in [0, 0.1) is 0 Å². The van der Waals surface area contributed by atoms with Gasteiger partial charge in [0.05, 0.1) is 5.69 Å². The van der Waals surface area contributed by atoms with Gasteiger partial charge in [0.2, 0.25) is 0 Å². The number of hydrogen-bond acceptors (Lipinski definition) is 6. The number of nitrogens with zero attached hydrogens (tertiary/aromatic N) is 3. The highest BCUT2D eigenvalue weighted by Crippen LogP contribution is 2.31. The Kier molecular flexibility index (Phi) is 4.25. The van der Waals surface area contributed by atoms with E-state index in [4.69, 9.17) is 23.2 Å². The van der Waals surface area contributed by atoms with Crippen LogP contribution in [0.15, 0.2) is 6.07 Å². The number of sulfone groups is 1. The molecule has 0 aromatic carbocycles. The third kappa shape index (κ3) is 3.01. The van der Waals surface area contributed by atoms with Gasteiger partial charge < -0.3 is 4.90 Å². The molecule has 100 valence electrons. The van der Waals surface area contributed by atoms with Crippen LogP contribution in [0.2, 0.25) is 10.3 Å². The van der Waals surface area contributed by atoms with Crippen LogP contribution in [0.25, 0.3) is 0 Å². The molecule has 18 heavy (non-hydrogen) atoms. The van der Waals surface area contributed by atoms with E-state index in [1.54, 1.807) is 22.7 Å². The summed E-state index contributed by atoms with van der Waals surface area (Å²) < 4.78 is 23.6. The lowest BCUT2D eigenvalue weighted by Gasteiger charge is -2.35. The van der Waals surface area contributed by atoms with Crippen LogP contribution >= 0.6 is 35.0 Å². The SMILES string of the molecule is CS(=O)(=O)C1CSCCN1c1cc(Cl)nnc1Cl. The molecule has 1 fully saturated rings. The second kappa shape index (κ2) is 5.40. The molecular weight excluding hydrogens is 317 g/mol. The Morgan fingerprint density at radius 3 is 2.83 bits per heavy atom. The van der Waals surface area contributed by atoms with Gasteiger partial charge in [0.1, 0.15) is 5.37 Å². The molecule has 0 aliphatic carbocycles. The smallest absolute Gasteiger partial charge is 0.175 e. The van der Waals surface area contributed by atoms with Crippen molar-refractivity contribution in [2.75, 3.05) is 29.2 Å². The van der Waals surface area contributed by atoms with E-state index in [1.807, 2.05) is 0 Å². The summed E-state index contributed by atoms with van der Waals surface area (Å²) in [6.45, 7) is 0.587. The lowest BCUT2D eigenvalue weighted by molar-refractivity contribution is 0.584. The lowest BCUT2D eigenvalue weighted by atomic mass is 10.4. The first-order valence-corrected chi connectivity index (χ1v) is 8.98. The van der Waals surface area contributed by atoms with E-state index in [2.05, 4.69) is 10.2 Å². The molecular formula is C9H11Cl2N3O2S2. The molecule has 0 bridgehead atoms. The first kappa shape index (κ1) is 14.2. The fourth-order valence-electron chi connectivity index (χ4n) is 1.76. The van der Waals surface area contributed by atoms with Gasteiger partial charge in [-0.05, 0) is 0 Å². The van der Waals surface area contributed by atoms with Gasteiger partial charge in [0.15, 0.2) is 20.1 Å². The van der Waals surface area contributed by atoms with E-state index in [-0.39, 0.29) is 10.3 Å². The average molecular weight is 328 g/mol. The Balaban J connectivity index is 2.43. The molecule has 1 unspecified atom stereocenters. The minimum atomic E-state index is -3.20. The maximum absolute atomic E-state index is 11.8. The molecule has 1 aliphatic rings. The summed E-state index contributed by atoms with van der Waals surface area (Å²) in [5.41, 5.74) is 0.521. The van der Waals surface area contributed by atoms with Crippen molar-refractivity contribution in [3.63, 3.8) is 0 Å². The second-order valence-corrected chi connectivity index (χ2v) is 7.99. The summed E-state index contributed by atoms with van der Waals surface area (Å²) in [6.07, 6.45) is 1.22. The van der Waals surface area contributed by atoms with Crippen molar-refractivity contribution in [3.8, 4) is 0 Å². The molecule has 0 amide bonds. The van der Waals surface area contributed by atoms with E-state index < -0.39 is 15.2 Å². The normalized spacial score (nSPS) is 21.1. The molecule has 1 aliphatic heterocycles. The van der Waals surface area contributed by atoms with E-state index in [0.29, 0.717) is 18.0 Å². The van der Waals surface area contributed by atoms with E-state index in [1.165, 1.54) is 6.26 Å². The highest BCUT2D eigenvalue weighted by atomic mass is 35.5. The van der Waals surface area contributed by atoms with Crippen LogP contribution in [0.3, 0.4) is 0 Å². The van der Waals surface area contributed by atoms with Crippen molar-refractivity contribution in [1.82, 2.24) is 10.2 Å². The van der Waals surface area contributed by atoms with Crippen molar-refractivity contribution in [2.24, 2.45) is 0 Å². The molecule has 9 heteroatoms. The quantitative estimate of drug-likeness (QED) is 0.824. The van der Waals surface area contributed by atoms with Gasteiger partial charge in [0, 0.05) is 30.4 Å². The zero-order valence-corrected chi connectivity index (χ0v) is 12.7. The maximum Gasteiger partial charge on any atom is 0.175 e. The molecule has 2 rings (SSSR count). The Bertz CT molecular complexity index is 553. The Hall–Kier alpha value is -0.240. The van der Waals surface area contributed by atoms with E-state index in [0.717, 1.165) is 5.75 Å². The van der Waals surface area contributed by atoms with E-state index >= 15 is 0 Å². The molecule has 0 radical (unpaired) electrons. The molecule has 5 nitrogen and oxygen atoms in total. The van der Waals surface area contributed by atoms with Crippen LogP contribution in [0.1, 0.15) is 0 Å². The zero-order valence-electron chi connectivity index (χ0n) is 9.51. The van der Waals surface area contributed by atoms with Gasteiger partial charge in [-0.15, -0.1) is 10.2 Å². The monoisotopic (exact) mass is 327 g/mol. The predicted octanol–water partition coefficient (Wildman–Crippen LogP) is 1.71. The van der Waals surface area contributed by atoms with Gasteiger partial charge in [-0.25, -0.2) is 8.42 Å². The van der Waals surface area contributed by atoms with Crippen molar-refractivity contribution in [2.45, 2.75) is 5.37 Å². The molecule has 1 aromatic rings. The largest absolute Gasteiger partial charge is 0.351 e. The van der Waals surface area contributed by atoms with Crippen LogP contribution in [0.5, 0.6) is 0 Å². The van der Waals surface area contributed by atoms with E-state index in [9.17, 15) is 8.42 Å². The summed E-state index contributed by atoms with van der Waals surface area (Å²) in [4.78, 5) is 1.73. The van der Waals surface area contributed by atoms with Crippen molar-refractivity contribution in [1.29, 1.82) is 0 Å². The number of hydrogen-bond donors (Lipinski definition) is 0. The fraction of sp³-hybridized carbons (Fsp3) is 0.556. The first-order valence-electron chi connectivity index (χ1n) is 5.11. The Morgan fingerprint density at radius 2 is 2.17 bits per heavy atom. The third-order valence-electron chi connectivity index (χ3n) is 2.59. The number of thioether (sulfide) groups is 1. The lowest BCUT2D eigenvalue weighted by Crippen LogP contribution is -2.47. The fourth-order valence-corrected chi connectivity index (χ4v) is 4.93.